The summed E-state index contributed by atoms with van der Waals surface area (Å²) in [6.07, 6.45) is 0.841. The molecule has 0 aromatic heterocycles. The molecule has 0 aromatic carbocycles. The zero-order valence-electron chi connectivity index (χ0n) is 12.2. The zero-order valence-corrected chi connectivity index (χ0v) is 13.0. The molecule has 18 heavy (non-hydrogen) atoms. The number of Topliss-reactive ketones (excluding diaryl/α,β-unsaturated/α-hetero) is 1. The smallest absolute Gasteiger partial charge is 0.156 e. The minimum atomic E-state index is -0.330. The number of hydrogen-bond acceptors (Lipinski definition) is 4. The van der Waals surface area contributed by atoms with Crippen molar-refractivity contribution in [2.75, 3.05) is 25.1 Å². The summed E-state index contributed by atoms with van der Waals surface area (Å²) >= 11 is 1.89. The summed E-state index contributed by atoms with van der Waals surface area (Å²) in [7, 11) is 2.07. The highest BCUT2D eigenvalue weighted by atomic mass is 32.2. The van der Waals surface area contributed by atoms with E-state index in [9.17, 15) is 4.79 Å². The van der Waals surface area contributed by atoms with E-state index in [-0.39, 0.29) is 23.2 Å². The van der Waals surface area contributed by atoms with Crippen LogP contribution in [-0.4, -0.2) is 53.0 Å². The molecule has 0 radical (unpaired) electrons. The summed E-state index contributed by atoms with van der Waals surface area (Å²) in [6, 6.07) is 0.0746. The lowest BCUT2D eigenvalue weighted by atomic mass is 9.81. The molecule has 2 aliphatic rings. The third-order valence-corrected chi connectivity index (χ3v) is 5.16. The van der Waals surface area contributed by atoms with Gasteiger partial charge in [0, 0.05) is 18.1 Å². The second kappa shape index (κ2) is 4.80. The van der Waals surface area contributed by atoms with Crippen molar-refractivity contribution in [1.82, 2.24) is 4.90 Å². The molecule has 2 aliphatic heterocycles. The largest absolute Gasteiger partial charge is 0.369 e. The van der Waals surface area contributed by atoms with Gasteiger partial charge in [0.15, 0.2) is 5.78 Å². The summed E-state index contributed by atoms with van der Waals surface area (Å²) < 4.78 is 6.05. The van der Waals surface area contributed by atoms with Gasteiger partial charge in [0.25, 0.3) is 0 Å². The van der Waals surface area contributed by atoms with Gasteiger partial charge in [-0.15, -0.1) is 0 Å². The fourth-order valence-electron chi connectivity index (χ4n) is 3.22. The van der Waals surface area contributed by atoms with Crippen LogP contribution in [0, 0.1) is 5.92 Å². The fraction of sp³-hybridized carbons (Fsp3) is 0.929. The van der Waals surface area contributed by atoms with Gasteiger partial charge in [0.05, 0.1) is 23.2 Å². The minimum absolute atomic E-state index is 0.0265. The van der Waals surface area contributed by atoms with E-state index >= 15 is 0 Å². The van der Waals surface area contributed by atoms with E-state index in [1.807, 2.05) is 11.8 Å². The lowest BCUT2D eigenvalue weighted by Crippen LogP contribution is -2.50. The van der Waals surface area contributed by atoms with Crippen molar-refractivity contribution >= 4 is 17.5 Å². The molecule has 0 spiro atoms. The number of carbonyl (C=O) groups excluding carboxylic acids is 1. The molecule has 0 aromatic rings. The average molecular weight is 271 g/mol. The van der Waals surface area contributed by atoms with Crippen LogP contribution in [0.5, 0.6) is 0 Å². The molecule has 0 N–H and O–H groups in total. The zero-order chi connectivity index (χ0) is 13.6. The molecule has 4 heteroatoms. The highest BCUT2D eigenvalue weighted by molar-refractivity contribution is 7.99. The van der Waals surface area contributed by atoms with E-state index in [1.165, 1.54) is 0 Å². The highest BCUT2D eigenvalue weighted by Gasteiger charge is 2.51. The van der Waals surface area contributed by atoms with Crippen LogP contribution in [-0.2, 0) is 9.53 Å². The first-order chi connectivity index (χ1) is 8.23. The first-order valence-electron chi connectivity index (χ1n) is 6.75. The first kappa shape index (κ1) is 14.4. The lowest BCUT2D eigenvalue weighted by molar-refractivity contribution is -0.133. The Morgan fingerprint density at radius 1 is 1.33 bits per heavy atom. The Bertz CT molecular complexity index is 341. The Labute approximate surface area is 115 Å². The lowest BCUT2D eigenvalue weighted by Gasteiger charge is -2.35. The Morgan fingerprint density at radius 2 is 2.00 bits per heavy atom. The predicted molar refractivity (Wildman–Crippen MR) is 76.1 cm³/mol. The van der Waals surface area contributed by atoms with Crippen LogP contribution in [0.25, 0.3) is 0 Å². The van der Waals surface area contributed by atoms with Crippen molar-refractivity contribution in [3.63, 3.8) is 0 Å². The summed E-state index contributed by atoms with van der Waals surface area (Å²) in [5.41, 5.74) is -0.506. The Kier molecular flexibility index (Phi) is 3.83. The molecule has 0 bridgehead atoms. The van der Waals surface area contributed by atoms with Crippen molar-refractivity contribution in [3.05, 3.63) is 0 Å². The second-order valence-electron chi connectivity index (χ2n) is 6.70. The summed E-state index contributed by atoms with van der Waals surface area (Å²) in [5.74, 6) is 2.47. The van der Waals surface area contributed by atoms with Crippen LogP contribution in [0.4, 0.5) is 0 Å². The molecule has 2 heterocycles. The van der Waals surface area contributed by atoms with Gasteiger partial charge in [0.1, 0.15) is 0 Å². The fourth-order valence-corrected chi connectivity index (χ4v) is 4.45. The van der Waals surface area contributed by atoms with Gasteiger partial charge in [-0.1, -0.05) is 0 Å². The standard InChI is InChI=1S/C14H25NO2S/c1-13(2)8-10(14(3,4)17-13)12(16)11-9-18-7-6-15(11)5/h10-11H,6-9H2,1-5H3. The molecule has 0 aliphatic carbocycles. The van der Waals surface area contributed by atoms with Gasteiger partial charge in [-0.3, -0.25) is 9.69 Å². The normalized spacial score (nSPS) is 35.6. The third kappa shape index (κ3) is 2.75. The molecule has 0 amide bonds. The maximum atomic E-state index is 12.8. The Balaban J connectivity index is 2.13. The summed E-state index contributed by atoms with van der Waals surface area (Å²) in [6.45, 7) is 9.29. The number of hydrogen-bond donors (Lipinski definition) is 0. The SMILES string of the molecule is CN1CCSCC1C(=O)C1CC(C)(C)OC1(C)C. The molecule has 2 rings (SSSR count). The first-order valence-corrected chi connectivity index (χ1v) is 7.90. The van der Waals surface area contributed by atoms with Gasteiger partial charge in [-0.2, -0.15) is 11.8 Å². The van der Waals surface area contributed by atoms with E-state index in [2.05, 4.69) is 39.6 Å². The van der Waals surface area contributed by atoms with Crippen LogP contribution in [0.2, 0.25) is 0 Å². The molecule has 2 atom stereocenters. The topological polar surface area (TPSA) is 29.5 Å². The number of rotatable bonds is 2. The molecular formula is C14H25NO2S. The van der Waals surface area contributed by atoms with Crippen molar-refractivity contribution in [2.45, 2.75) is 51.4 Å². The number of ketones is 1. The maximum Gasteiger partial charge on any atom is 0.156 e. The Hall–Kier alpha value is -0.0600. The number of likely N-dealkylation sites (N-methyl/N-ethyl adjacent to an activating group) is 1. The van der Waals surface area contributed by atoms with Crippen LogP contribution in [0.1, 0.15) is 34.1 Å². The van der Waals surface area contributed by atoms with Crippen molar-refractivity contribution < 1.29 is 9.53 Å². The van der Waals surface area contributed by atoms with E-state index in [0.29, 0.717) is 5.78 Å². The third-order valence-electron chi connectivity index (χ3n) is 4.14. The average Bonchev–Trinajstić information content (AvgIpc) is 2.46. The van der Waals surface area contributed by atoms with E-state index < -0.39 is 0 Å². The Morgan fingerprint density at radius 3 is 2.50 bits per heavy atom. The second-order valence-corrected chi connectivity index (χ2v) is 7.85. The molecule has 104 valence electrons. The molecule has 2 unspecified atom stereocenters. The van der Waals surface area contributed by atoms with E-state index in [4.69, 9.17) is 4.74 Å². The summed E-state index contributed by atoms with van der Waals surface area (Å²) in [5, 5.41) is 0. The predicted octanol–water partition coefficient (Wildman–Crippen LogP) is 2.20. The van der Waals surface area contributed by atoms with Crippen molar-refractivity contribution in [2.24, 2.45) is 5.92 Å². The molecule has 2 fully saturated rings. The minimum Gasteiger partial charge on any atom is -0.369 e. The van der Waals surface area contributed by atoms with Crippen molar-refractivity contribution in [3.8, 4) is 0 Å². The van der Waals surface area contributed by atoms with E-state index in [1.54, 1.807) is 0 Å². The quantitative estimate of drug-likeness (QED) is 0.770. The van der Waals surface area contributed by atoms with Crippen LogP contribution in [0.3, 0.4) is 0 Å². The van der Waals surface area contributed by atoms with Gasteiger partial charge < -0.3 is 4.74 Å². The molecular weight excluding hydrogens is 246 g/mol. The van der Waals surface area contributed by atoms with Gasteiger partial charge in [0.2, 0.25) is 0 Å². The van der Waals surface area contributed by atoms with Crippen molar-refractivity contribution in [1.29, 1.82) is 0 Å². The van der Waals surface area contributed by atoms with Crippen LogP contribution < -0.4 is 0 Å². The number of nitrogens with zero attached hydrogens (tertiary/aromatic N) is 1. The van der Waals surface area contributed by atoms with Crippen LogP contribution in [0.15, 0.2) is 0 Å². The van der Waals surface area contributed by atoms with E-state index in [0.717, 1.165) is 24.5 Å². The molecule has 2 saturated heterocycles. The number of thioether (sulfide) groups is 1. The maximum absolute atomic E-state index is 12.8. The monoisotopic (exact) mass is 271 g/mol. The van der Waals surface area contributed by atoms with Gasteiger partial charge >= 0.3 is 0 Å². The molecule has 0 saturated carbocycles. The van der Waals surface area contributed by atoms with Gasteiger partial charge in [-0.05, 0) is 41.2 Å². The molecule has 3 nitrogen and oxygen atoms in total. The number of ether oxygens (including phenoxy) is 1. The van der Waals surface area contributed by atoms with Gasteiger partial charge in [-0.25, -0.2) is 0 Å². The highest BCUT2D eigenvalue weighted by Crippen LogP contribution is 2.43. The summed E-state index contributed by atoms with van der Waals surface area (Å²) in [4.78, 5) is 15.0. The van der Waals surface area contributed by atoms with Crippen LogP contribution >= 0.6 is 11.8 Å². The number of carbonyl (C=O) groups is 1.